The molecule has 2 N–H and O–H groups in total. The summed E-state index contributed by atoms with van der Waals surface area (Å²) in [7, 11) is 1.63. The van der Waals surface area contributed by atoms with E-state index < -0.39 is 0 Å². The molecule has 1 heterocycles. The van der Waals surface area contributed by atoms with Crippen LogP contribution in [-0.2, 0) is 4.74 Å². The van der Waals surface area contributed by atoms with Crippen LogP contribution in [0.4, 0.5) is 14.9 Å². The van der Waals surface area contributed by atoms with Gasteiger partial charge >= 0.3 is 6.03 Å². The Morgan fingerprint density at radius 2 is 1.81 bits per heavy atom. The Balaban J connectivity index is 1.64. The summed E-state index contributed by atoms with van der Waals surface area (Å²) in [6, 6.07) is 13.2. The second kappa shape index (κ2) is 9.34. The minimum absolute atomic E-state index is 0.0266. The Bertz CT molecular complexity index is 731. The van der Waals surface area contributed by atoms with Crippen molar-refractivity contribution in [1.82, 2.24) is 10.2 Å². The number of morpholine rings is 1. The van der Waals surface area contributed by atoms with Gasteiger partial charge in [-0.25, -0.2) is 9.18 Å². The van der Waals surface area contributed by atoms with E-state index in [1.165, 1.54) is 24.3 Å². The van der Waals surface area contributed by atoms with E-state index in [-0.39, 0.29) is 17.9 Å². The van der Waals surface area contributed by atoms with E-state index in [2.05, 4.69) is 15.5 Å². The lowest BCUT2D eigenvalue weighted by Gasteiger charge is -2.35. The van der Waals surface area contributed by atoms with Crippen LogP contribution in [0, 0.1) is 5.82 Å². The quantitative estimate of drug-likeness (QED) is 0.817. The summed E-state index contributed by atoms with van der Waals surface area (Å²) in [5.41, 5.74) is 1.64. The van der Waals surface area contributed by atoms with Gasteiger partial charge in [-0.2, -0.15) is 0 Å². The lowest BCUT2D eigenvalue weighted by molar-refractivity contribution is 0.0167. The standard InChI is InChI=1S/C20H24FN3O3/c1-26-18-8-2-15(3-9-18)19(24-10-12-27-13-11-24)14-22-20(25)23-17-6-4-16(21)5-7-17/h2-9,19H,10-14H2,1H3,(H2,22,23,25). The van der Waals surface area contributed by atoms with Gasteiger partial charge in [-0.05, 0) is 42.0 Å². The van der Waals surface area contributed by atoms with Gasteiger partial charge in [0.05, 0.1) is 26.4 Å². The second-order valence-electron chi connectivity index (χ2n) is 6.28. The van der Waals surface area contributed by atoms with Gasteiger partial charge in [0.1, 0.15) is 11.6 Å². The van der Waals surface area contributed by atoms with Crippen LogP contribution in [0.15, 0.2) is 48.5 Å². The number of anilines is 1. The van der Waals surface area contributed by atoms with Crippen molar-refractivity contribution >= 4 is 11.7 Å². The highest BCUT2D eigenvalue weighted by atomic mass is 19.1. The number of hydrogen-bond donors (Lipinski definition) is 2. The zero-order valence-electron chi connectivity index (χ0n) is 15.3. The third kappa shape index (κ3) is 5.42. The number of ether oxygens (including phenoxy) is 2. The molecule has 144 valence electrons. The number of carbonyl (C=O) groups is 1. The zero-order valence-corrected chi connectivity index (χ0v) is 15.3. The third-order valence-electron chi connectivity index (χ3n) is 4.55. The molecule has 1 saturated heterocycles. The van der Waals surface area contributed by atoms with E-state index in [1.54, 1.807) is 7.11 Å². The maximum atomic E-state index is 13.0. The predicted octanol–water partition coefficient (Wildman–Crippen LogP) is 3.03. The van der Waals surface area contributed by atoms with Crippen molar-refractivity contribution in [2.75, 3.05) is 45.3 Å². The van der Waals surface area contributed by atoms with Crippen LogP contribution in [0.5, 0.6) is 5.75 Å². The van der Waals surface area contributed by atoms with Crippen molar-refractivity contribution in [1.29, 1.82) is 0 Å². The average molecular weight is 373 g/mol. The minimum atomic E-state index is -0.340. The van der Waals surface area contributed by atoms with Crippen molar-refractivity contribution in [3.63, 3.8) is 0 Å². The summed E-state index contributed by atoms with van der Waals surface area (Å²) in [4.78, 5) is 14.5. The maximum Gasteiger partial charge on any atom is 0.319 e. The number of carbonyl (C=O) groups excluding carboxylic acids is 1. The second-order valence-corrected chi connectivity index (χ2v) is 6.28. The number of urea groups is 1. The number of nitrogens with one attached hydrogen (secondary N) is 2. The molecule has 0 radical (unpaired) electrons. The first kappa shape index (κ1) is 19.1. The van der Waals surface area contributed by atoms with Gasteiger partial charge in [0, 0.05) is 25.3 Å². The van der Waals surface area contributed by atoms with Crippen molar-refractivity contribution in [2.45, 2.75) is 6.04 Å². The largest absolute Gasteiger partial charge is 0.497 e. The average Bonchev–Trinajstić information content (AvgIpc) is 2.71. The molecule has 2 amide bonds. The molecule has 0 saturated carbocycles. The van der Waals surface area contributed by atoms with E-state index in [0.717, 1.165) is 24.4 Å². The molecule has 0 aromatic heterocycles. The van der Waals surface area contributed by atoms with E-state index >= 15 is 0 Å². The summed E-state index contributed by atoms with van der Waals surface area (Å²) in [5.74, 6) is 0.453. The number of rotatable bonds is 6. The predicted molar refractivity (Wildman–Crippen MR) is 102 cm³/mol. The Morgan fingerprint density at radius 3 is 2.44 bits per heavy atom. The van der Waals surface area contributed by atoms with Gasteiger partial charge in [0.15, 0.2) is 0 Å². The van der Waals surface area contributed by atoms with Crippen LogP contribution in [0.2, 0.25) is 0 Å². The van der Waals surface area contributed by atoms with E-state index in [9.17, 15) is 9.18 Å². The highest BCUT2D eigenvalue weighted by Crippen LogP contribution is 2.23. The fourth-order valence-electron chi connectivity index (χ4n) is 3.07. The van der Waals surface area contributed by atoms with E-state index in [0.29, 0.717) is 25.4 Å². The molecular weight excluding hydrogens is 349 g/mol. The molecule has 1 fully saturated rings. The molecular formula is C20H24FN3O3. The van der Waals surface area contributed by atoms with Crippen molar-refractivity contribution in [3.8, 4) is 5.75 Å². The van der Waals surface area contributed by atoms with E-state index in [4.69, 9.17) is 9.47 Å². The maximum absolute atomic E-state index is 13.0. The number of halogens is 1. The number of amides is 2. The van der Waals surface area contributed by atoms with Crippen LogP contribution in [0.3, 0.4) is 0 Å². The van der Waals surface area contributed by atoms with Gasteiger partial charge in [-0.1, -0.05) is 12.1 Å². The van der Waals surface area contributed by atoms with Crippen LogP contribution in [0.25, 0.3) is 0 Å². The summed E-state index contributed by atoms with van der Waals surface area (Å²) in [6.07, 6.45) is 0. The zero-order chi connectivity index (χ0) is 19.1. The van der Waals surface area contributed by atoms with Gasteiger partial charge in [0.2, 0.25) is 0 Å². The molecule has 1 aliphatic rings. The first-order chi connectivity index (χ1) is 13.2. The molecule has 0 bridgehead atoms. The monoisotopic (exact) mass is 373 g/mol. The summed E-state index contributed by atoms with van der Waals surface area (Å²) >= 11 is 0. The van der Waals surface area contributed by atoms with Crippen molar-refractivity contribution in [2.24, 2.45) is 0 Å². The number of methoxy groups -OCH3 is 1. The minimum Gasteiger partial charge on any atom is -0.497 e. The molecule has 1 unspecified atom stereocenters. The van der Waals surface area contributed by atoms with Crippen LogP contribution >= 0.6 is 0 Å². The summed E-state index contributed by atoms with van der Waals surface area (Å²) < 4.78 is 23.6. The highest BCUT2D eigenvalue weighted by molar-refractivity contribution is 5.89. The molecule has 2 aromatic rings. The number of hydrogen-bond acceptors (Lipinski definition) is 4. The van der Waals surface area contributed by atoms with Gasteiger partial charge in [0.25, 0.3) is 0 Å². The first-order valence-electron chi connectivity index (χ1n) is 8.92. The van der Waals surface area contributed by atoms with Crippen LogP contribution < -0.4 is 15.4 Å². The SMILES string of the molecule is COc1ccc(C(CNC(=O)Nc2ccc(F)cc2)N2CCOCC2)cc1. The Labute approximate surface area is 158 Å². The first-order valence-corrected chi connectivity index (χ1v) is 8.92. The molecule has 1 atom stereocenters. The molecule has 7 heteroatoms. The lowest BCUT2D eigenvalue weighted by Crippen LogP contribution is -2.44. The smallest absolute Gasteiger partial charge is 0.319 e. The molecule has 1 aliphatic heterocycles. The van der Waals surface area contributed by atoms with Crippen molar-refractivity contribution < 1.29 is 18.7 Å². The van der Waals surface area contributed by atoms with Crippen molar-refractivity contribution in [3.05, 3.63) is 59.9 Å². The third-order valence-corrected chi connectivity index (χ3v) is 4.55. The molecule has 0 aliphatic carbocycles. The van der Waals surface area contributed by atoms with Gasteiger partial charge in [-0.15, -0.1) is 0 Å². The molecule has 2 aromatic carbocycles. The number of benzene rings is 2. The highest BCUT2D eigenvalue weighted by Gasteiger charge is 2.23. The summed E-state index contributed by atoms with van der Waals surface area (Å²) in [6.45, 7) is 3.40. The Morgan fingerprint density at radius 1 is 1.15 bits per heavy atom. The molecule has 3 rings (SSSR count). The lowest BCUT2D eigenvalue weighted by atomic mass is 10.0. The fraction of sp³-hybridized carbons (Fsp3) is 0.350. The normalized spacial score (nSPS) is 15.8. The fourth-order valence-corrected chi connectivity index (χ4v) is 3.07. The van der Waals surface area contributed by atoms with Gasteiger partial charge in [-0.3, -0.25) is 4.90 Å². The summed E-state index contributed by atoms with van der Waals surface area (Å²) in [5, 5.41) is 5.63. The van der Waals surface area contributed by atoms with Gasteiger partial charge < -0.3 is 20.1 Å². The molecule has 6 nitrogen and oxygen atoms in total. The van der Waals surface area contributed by atoms with Crippen LogP contribution in [-0.4, -0.2) is 50.9 Å². The van der Waals surface area contributed by atoms with E-state index in [1.807, 2.05) is 24.3 Å². The number of nitrogens with zero attached hydrogens (tertiary/aromatic N) is 1. The molecule has 27 heavy (non-hydrogen) atoms. The molecule has 0 spiro atoms. The Hall–Kier alpha value is -2.64. The topological polar surface area (TPSA) is 62.8 Å². The Kier molecular flexibility index (Phi) is 6.62. The van der Waals surface area contributed by atoms with Crippen LogP contribution in [0.1, 0.15) is 11.6 Å².